The van der Waals surface area contributed by atoms with E-state index in [0.717, 1.165) is 19.4 Å². The number of likely N-dealkylation sites (N-methyl/N-ethyl adjacent to an activating group) is 1. The minimum Gasteiger partial charge on any atom is -0.480 e. The number of carboxylic acids is 1. The number of hydrogen-bond acceptors (Lipinski definition) is 5. The molecule has 1 fully saturated rings. The first-order valence-corrected chi connectivity index (χ1v) is 7.52. The Hall–Kier alpha value is -0.625. The average molecular weight is 286 g/mol. The van der Waals surface area contributed by atoms with E-state index in [0.29, 0.717) is 38.0 Å². The number of hydrogen-bond donors (Lipinski definition) is 5. The summed E-state index contributed by atoms with van der Waals surface area (Å²) in [6, 6.07) is 0.432. The van der Waals surface area contributed by atoms with Crippen molar-refractivity contribution in [3.63, 3.8) is 0 Å². The molecule has 20 heavy (non-hydrogen) atoms. The Labute approximate surface area is 121 Å². The lowest BCUT2D eigenvalue weighted by Gasteiger charge is -2.30. The van der Waals surface area contributed by atoms with E-state index in [-0.39, 0.29) is 0 Å². The second-order valence-electron chi connectivity index (χ2n) is 5.70. The van der Waals surface area contributed by atoms with E-state index in [1.807, 2.05) is 0 Å². The third-order valence-electron chi connectivity index (χ3n) is 4.29. The second kappa shape index (κ2) is 8.62. The van der Waals surface area contributed by atoms with Gasteiger partial charge < -0.3 is 25.8 Å². The largest absolute Gasteiger partial charge is 0.480 e. The lowest BCUT2D eigenvalue weighted by atomic mass is 9.80. The highest BCUT2D eigenvalue weighted by molar-refractivity contribution is 6.40. The monoisotopic (exact) mass is 286 g/mol. The topological polar surface area (TPSA) is 102 Å². The van der Waals surface area contributed by atoms with Gasteiger partial charge in [-0.05, 0) is 52.0 Å². The van der Waals surface area contributed by atoms with Crippen LogP contribution >= 0.6 is 0 Å². The Morgan fingerprint density at radius 3 is 2.65 bits per heavy atom. The van der Waals surface area contributed by atoms with Crippen LogP contribution in [0.4, 0.5) is 0 Å². The molecule has 1 aliphatic rings. The maximum Gasteiger partial charge on any atom is 0.451 e. The lowest BCUT2D eigenvalue weighted by Crippen LogP contribution is -2.51. The molecule has 6 nitrogen and oxygen atoms in total. The molecule has 0 amide bonds. The Bertz CT molecular complexity index is 298. The fraction of sp³-hybridized carbons (Fsp3) is 0.923. The van der Waals surface area contributed by atoms with E-state index >= 15 is 0 Å². The quantitative estimate of drug-likeness (QED) is 0.290. The van der Waals surface area contributed by atoms with Crippen LogP contribution in [0.1, 0.15) is 44.9 Å². The third kappa shape index (κ3) is 5.40. The fourth-order valence-corrected chi connectivity index (χ4v) is 2.87. The molecule has 5 N–H and O–H groups in total. The van der Waals surface area contributed by atoms with Crippen LogP contribution in [-0.2, 0) is 4.79 Å². The maximum atomic E-state index is 11.6. The molecule has 2 unspecified atom stereocenters. The van der Waals surface area contributed by atoms with Gasteiger partial charge in [0.1, 0.15) is 5.54 Å². The van der Waals surface area contributed by atoms with E-state index in [4.69, 9.17) is 10.0 Å². The molecule has 0 aliphatic carbocycles. The van der Waals surface area contributed by atoms with Crippen molar-refractivity contribution in [2.75, 3.05) is 13.6 Å². The van der Waals surface area contributed by atoms with Crippen LogP contribution in [0.25, 0.3) is 0 Å². The highest BCUT2D eigenvalue weighted by atomic mass is 16.4. The van der Waals surface area contributed by atoms with Crippen LogP contribution in [0.15, 0.2) is 0 Å². The summed E-state index contributed by atoms with van der Waals surface area (Å²) in [5.41, 5.74) is -0.898. The molecule has 1 aliphatic heterocycles. The number of nitrogens with one attached hydrogen (secondary N) is 2. The minimum absolute atomic E-state index is 0.295. The zero-order valence-electron chi connectivity index (χ0n) is 12.3. The van der Waals surface area contributed by atoms with Gasteiger partial charge in [0.05, 0.1) is 0 Å². The Morgan fingerprint density at radius 2 is 2.15 bits per heavy atom. The number of aliphatic carboxylic acids is 1. The molecule has 1 heterocycles. The van der Waals surface area contributed by atoms with Gasteiger partial charge in [0, 0.05) is 6.04 Å². The van der Waals surface area contributed by atoms with Crippen LogP contribution in [-0.4, -0.2) is 53.4 Å². The predicted molar refractivity (Wildman–Crippen MR) is 78.5 cm³/mol. The van der Waals surface area contributed by atoms with E-state index in [1.165, 1.54) is 6.42 Å². The molecule has 0 radical (unpaired) electrons. The summed E-state index contributed by atoms with van der Waals surface area (Å²) in [7, 11) is 0.392. The van der Waals surface area contributed by atoms with Crippen molar-refractivity contribution in [1.82, 2.24) is 10.6 Å². The van der Waals surface area contributed by atoms with Gasteiger partial charge in [0.15, 0.2) is 0 Å². The molecule has 0 aromatic heterocycles. The van der Waals surface area contributed by atoms with Crippen molar-refractivity contribution in [3.8, 4) is 0 Å². The smallest absolute Gasteiger partial charge is 0.451 e. The predicted octanol–water partition coefficient (Wildman–Crippen LogP) is 0.204. The Morgan fingerprint density at radius 1 is 1.40 bits per heavy atom. The maximum absolute atomic E-state index is 11.6. The molecule has 2 atom stereocenters. The molecular formula is C13H27BN2O4. The van der Waals surface area contributed by atoms with Crippen LogP contribution in [0.2, 0.25) is 6.32 Å². The van der Waals surface area contributed by atoms with Crippen molar-refractivity contribution in [2.24, 2.45) is 0 Å². The first-order chi connectivity index (χ1) is 9.50. The van der Waals surface area contributed by atoms with Gasteiger partial charge in [-0.25, -0.2) is 0 Å². The lowest BCUT2D eigenvalue weighted by molar-refractivity contribution is -0.145. The van der Waals surface area contributed by atoms with Gasteiger partial charge in [0.2, 0.25) is 0 Å². The molecule has 1 saturated heterocycles. The van der Waals surface area contributed by atoms with Gasteiger partial charge in [-0.15, -0.1) is 0 Å². The summed E-state index contributed by atoms with van der Waals surface area (Å²) >= 11 is 0. The van der Waals surface area contributed by atoms with Crippen molar-refractivity contribution >= 4 is 13.1 Å². The summed E-state index contributed by atoms with van der Waals surface area (Å²) in [5.74, 6) is -0.817. The summed E-state index contributed by atoms with van der Waals surface area (Å²) in [6.45, 7) is 1.03. The summed E-state index contributed by atoms with van der Waals surface area (Å²) in [5, 5.41) is 33.5. The van der Waals surface area contributed by atoms with Crippen LogP contribution in [0.3, 0.4) is 0 Å². The van der Waals surface area contributed by atoms with E-state index in [1.54, 1.807) is 7.05 Å². The van der Waals surface area contributed by atoms with Crippen LogP contribution < -0.4 is 10.6 Å². The van der Waals surface area contributed by atoms with Crippen molar-refractivity contribution in [1.29, 1.82) is 0 Å². The normalized spacial score (nSPS) is 21.6. The minimum atomic E-state index is -1.30. The highest BCUT2D eigenvalue weighted by Gasteiger charge is 2.36. The Balaban J connectivity index is 2.44. The standard InChI is InChI=1S/C13H27BN2O4/c1-15-13(12(17)18,7-2-3-9-14(19)20)8-6-11-5-4-10-16-11/h11,15-16,19-20H,2-10H2,1H3,(H,17,18). The van der Waals surface area contributed by atoms with Crippen molar-refractivity contribution < 1.29 is 19.9 Å². The van der Waals surface area contributed by atoms with E-state index < -0.39 is 18.6 Å². The van der Waals surface area contributed by atoms with E-state index in [9.17, 15) is 9.90 Å². The molecule has 116 valence electrons. The van der Waals surface area contributed by atoms with Gasteiger partial charge in [0.25, 0.3) is 0 Å². The van der Waals surface area contributed by atoms with Crippen LogP contribution in [0.5, 0.6) is 0 Å². The molecule has 0 aromatic rings. The summed E-state index contributed by atoms with van der Waals surface area (Å²) in [4.78, 5) is 11.6. The summed E-state index contributed by atoms with van der Waals surface area (Å²) < 4.78 is 0. The van der Waals surface area contributed by atoms with Crippen LogP contribution in [0, 0.1) is 0 Å². The molecular weight excluding hydrogens is 259 g/mol. The number of unbranched alkanes of at least 4 members (excludes halogenated alkanes) is 1. The molecule has 0 aromatic carbocycles. The van der Waals surface area contributed by atoms with Gasteiger partial charge in [-0.2, -0.15) is 0 Å². The first kappa shape index (κ1) is 17.4. The number of carboxylic acid groups (broad SMARTS) is 1. The SMILES string of the molecule is CNC(CCCCB(O)O)(CCC1CCCN1)C(=O)O. The van der Waals surface area contributed by atoms with Gasteiger partial charge >= 0.3 is 13.1 Å². The van der Waals surface area contributed by atoms with Crippen molar-refractivity contribution in [3.05, 3.63) is 0 Å². The number of rotatable bonds is 10. The number of carbonyl (C=O) groups is 1. The molecule has 0 bridgehead atoms. The Kier molecular flexibility index (Phi) is 7.51. The van der Waals surface area contributed by atoms with Gasteiger partial charge in [-0.3, -0.25) is 4.79 Å². The molecule has 0 spiro atoms. The highest BCUT2D eigenvalue weighted by Crippen LogP contribution is 2.24. The van der Waals surface area contributed by atoms with Crippen molar-refractivity contribution in [2.45, 2.75) is 62.8 Å². The molecule has 0 saturated carbocycles. The third-order valence-corrected chi connectivity index (χ3v) is 4.29. The van der Waals surface area contributed by atoms with Gasteiger partial charge in [-0.1, -0.05) is 12.8 Å². The fourth-order valence-electron chi connectivity index (χ4n) is 2.87. The molecule has 1 rings (SSSR count). The zero-order chi connectivity index (χ0) is 15.0. The zero-order valence-corrected chi connectivity index (χ0v) is 12.3. The first-order valence-electron chi connectivity index (χ1n) is 7.52. The second-order valence-corrected chi connectivity index (χ2v) is 5.70. The average Bonchev–Trinajstić information content (AvgIpc) is 2.91. The van der Waals surface area contributed by atoms with E-state index in [2.05, 4.69) is 10.6 Å². The summed E-state index contributed by atoms with van der Waals surface area (Å²) in [6.07, 6.45) is 5.84. The molecule has 7 heteroatoms.